The minimum absolute atomic E-state index is 0.322. The van der Waals surface area contributed by atoms with Gasteiger partial charge in [-0.05, 0) is 30.7 Å². The van der Waals surface area contributed by atoms with Crippen molar-refractivity contribution >= 4 is 33.3 Å². The third-order valence-electron chi connectivity index (χ3n) is 4.33. The van der Waals surface area contributed by atoms with Crippen molar-refractivity contribution in [1.82, 2.24) is 14.9 Å². The topological polar surface area (TPSA) is 49.3 Å². The van der Waals surface area contributed by atoms with E-state index in [1.165, 1.54) is 5.56 Å². The average molecular weight is 302 g/mol. The van der Waals surface area contributed by atoms with Crippen LogP contribution in [0.1, 0.15) is 18.4 Å². The number of thiophene rings is 1. The number of fused-ring (bicyclic) bond motifs is 1. The summed E-state index contributed by atoms with van der Waals surface area (Å²) >= 11 is 1.71. The zero-order valence-corrected chi connectivity index (χ0v) is 12.9. The van der Waals surface area contributed by atoms with E-state index in [-0.39, 0.29) is 0 Å². The largest absolute Gasteiger partial charge is 0.352 e. The third-order valence-corrected chi connectivity index (χ3v) is 5.41. The minimum atomic E-state index is 0.322. The zero-order valence-electron chi connectivity index (χ0n) is 12.1. The molecule has 0 N–H and O–H groups in total. The van der Waals surface area contributed by atoms with Crippen molar-refractivity contribution in [3.05, 3.63) is 17.3 Å². The lowest BCUT2D eigenvalue weighted by molar-refractivity contribution is -0.132. The van der Waals surface area contributed by atoms with Crippen molar-refractivity contribution in [3.63, 3.8) is 0 Å². The summed E-state index contributed by atoms with van der Waals surface area (Å²) in [6.45, 7) is 5.43. The molecule has 1 aliphatic carbocycles. The number of carbonyl (C=O) groups excluding carboxylic acids is 1. The first-order valence-corrected chi connectivity index (χ1v) is 8.34. The molecule has 21 heavy (non-hydrogen) atoms. The normalized spacial score (nSPS) is 19.3. The van der Waals surface area contributed by atoms with Gasteiger partial charge in [0.1, 0.15) is 12.1 Å². The van der Waals surface area contributed by atoms with E-state index in [1.807, 2.05) is 4.90 Å². The predicted molar refractivity (Wildman–Crippen MR) is 83.7 cm³/mol. The summed E-state index contributed by atoms with van der Waals surface area (Å²) < 4.78 is 1.16. The fraction of sp³-hybridized carbons (Fsp3) is 0.533. The van der Waals surface area contributed by atoms with Crippen LogP contribution in [0.5, 0.6) is 0 Å². The Labute approximate surface area is 127 Å². The van der Waals surface area contributed by atoms with Gasteiger partial charge in [-0.15, -0.1) is 11.3 Å². The summed E-state index contributed by atoms with van der Waals surface area (Å²) in [4.78, 5) is 25.3. The van der Waals surface area contributed by atoms with Crippen molar-refractivity contribution in [1.29, 1.82) is 0 Å². The van der Waals surface area contributed by atoms with Gasteiger partial charge in [0.2, 0.25) is 5.91 Å². The molecule has 0 atom stereocenters. The van der Waals surface area contributed by atoms with E-state index in [0.29, 0.717) is 11.8 Å². The molecule has 3 heterocycles. The molecule has 2 aromatic rings. The maximum Gasteiger partial charge on any atom is 0.225 e. The summed E-state index contributed by atoms with van der Waals surface area (Å²) in [5, 5.41) is 2.13. The summed E-state index contributed by atoms with van der Waals surface area (Å²) in [6.07, 6.45) is 3.82. The fourth-order valence-electron chi connectivity index (χ4n) is 2.91. The second kappa shape index (κ2) is 4.94. The molecule has 0 bridgehead atoms. The van der Waals surface area contributed by atoms with Gasteiger partial charge in [0.15, 0.2) is 0 Å². The van der Waals surface area contributed by atoms with E-state index >= 15 is 0 Å². The quantitative estimate of drug-likeness (QED) is 0.852. The van der Waals surface area contributed by atoms with E-state index in [4.69, 9.17) is 0 Å². The van der Waals surface area contributed by atoms with Crippen LogP contribution in [-0.4, -0.2) is 47.0 Å². The predicted octanol–water partition coefficient (Wildman–Crippen LogP) is 2.06. The second-order valence-corrected chi connectivity index (χ2v) is 6.76. The fourth-order valence-corrected chi connectivity index (χ4v) is 3.93. The molecule has 0 aromatic carbocycles. The van der Waals surface area contributed by atoms with E-state index in [0.717, 1.165) is 55.1 Å². The van der Waals surface area contributed by atoms with Gasteiger partial charge in [-0.2, -0.15) is 0 Å². The first-order chi connectivity index (χ1) is 10.2. The number of anilines is 1. The van der Waals surface area contributed by atoms with Crippen molar-refractivity contribution in [2.24, 2.45) is 5.92 Å². The Morgan fingerprint density at radius 2 is 2.00 bits per heavy atom. The van der Waals surface area contributed by atoms with E-state index in [9.17, 15) is 4.79 Å². The Balaban J connectivity index is 1.53. The monoisotopic (exact) mass is 302 g/mol. The van der Waals surface area contributed by atoms with Gasteiger partial charge >= 0.3 is 0 Å². The second-order valence-electron chi connectivity index (χ2n) is 5.88. The molecule has 1 aliphatic heterocycles. The SMILES string of the molecule is Cc1csc2c(N3CCN(C(=O)C4CC4)CC3)ncnc12. The molecule has 0 unspecified atom stereocenters. The van der Waals surface area contributed by atoms with Crippen LogP contribution in [0.15, 0.2) is 11.7 Å². The van der Waals surface area contributed by atoms with Gasteiger partial charge in [0.25, 0.3) is 0 Å². The van der Waals surface area contributed by atoms with E-state index in [2.05, 4.69) is 27.2 Å². The van der Waals surface area contributed by atoms with Crippen molar-refractivity contribution in [2.75, 3.05) is 31.1 Å². The van der Waals surface area contributed by atoms with Crippen LogP contribution in [0.3, 0.4) is 0 Å². The van der Waals surface area contributed by atoms with Crippen LogP contribution in [-0.2, 0) is 4.79 Å². The highest BCUT2D eigenvalue weighted by Gasteiger charge is 2.34. The zero-order chi connectivity index (χ0) is 14.4. The molecule has 2 aromatic heterocycles. The molecule has 2 aliphatic rings. The van der Waals surface area contributed by atoms with E-state index in [1.54, 1.807) is 17.7 Å². The van der Waals surface area contributed by atoms with Crippen LogP contribution >= 0.6 is 11.3 Å². The van der Waals surface area contributed by atoms with Crippen LogP contribution in [0, 0.1) is 12.8 Å². The van der Waals surface area contributed by atoms with Gasteiger partial charge in [0.05, 0.1) is 10.2 Å². The molecule has 4 rings (SSSR count). The number of amides is 1. The summed E-state index contributed by atoms with van der Waals surface area (Å²) in [6, 6.07) is 0. The maximum atomic E-state index is 12.1. The van der Waals surface area contributed by atoms with Crippen molar-refractivity contribution < 1.29 is 4.79 Å². The number of aromatic nitrogens is 2. The van der Waals surface area contributed by atoms with Gasteiger partial charge in [-0.25, -0.2) is 9.97 Å². The Morgan fingerprint density at radius 1 is 1.24 bits per heavy atom. The lowest BCUT2D eigenvalue weighted by Crippen LogP contribution is -2.49. The summed E-state index contributed by atoms with van der Waals surface area (Å²) in [7, 11) is 0. The number of rotatable bonds is 2. The Kier molecular flexibility index (Phi) is 3.06. The number of carbonyl (C=O) groups is 1. The highest BCUT2D eigenvalue weighted by molar-refractivity contribution is 7.18. The summed E-state index contributed by atoms with van der Waals surface area (Å²) in [5.41, 5.74) is 2.27. The number of hydrogen-bond donors (Lipinski definition) is 0. The van der Waals surface area contributed by atoms with Gasteiger partial charge in [0, 0.05) is 32.1 Å². The van der Waals surface area contributed by atoms with Crippen LogP contribution in [0.25, 0.3) is 10.2 Å². The number of aryl methyl sites for hydroxylation is 1. The van der Waals surface area contributed by atoms with Crippen LogP contribution in [0.4, 0.5) is 5.82 Å². The standard InChI is InChI=1S/C15H18N4OS/c1-10-8-21-13-12(10)16-9-17-14(13)18-4-6-19(7-5-18)15(20)11-2-3-11/h8-9,11H,2-7H2,1H3. The lowest BCUT2D eigenvalue weighted by Gasteiger charge is -2.35. The Bertz CT molecular complexity index is 686. The lowest BCUT2D eigenvalue weighted by atomic mass is 10.2. The van der Waals surface area contributed by atoms with Crippen LogP contribution in [0.2, 0.25) is 0 Å². The molecule has 5 nitrogen and oxygen atoms in total. The molecule has 0 spiro atoms. The molecule has 1 amide bonds. The molecule has 2 fully saturated rings. The molecule has 1 saturated carbocycles. The minimum Gasteiger partial charge on any atom is -0.352 e. The van der Waals surface area contributed by atoms with Crippen molar-refractivity contribution in [3.8, 4) is 0 Å². The highest BCUT2D eigenvalue weighted by Crippen LogP contribution is 2.33. The molecular weight excluding hydrogens is 284 g/mol. The Hall–Kier alpha value is -1.69. The third kappa shape index (κ3) is 2.27. The molecule has 1 saturated heterocycles. The molecular formula is C15H18N4OS. The molecule has 6 heteroatoms. The smallest absolute Gasteiger partial charge is 0.225 e. The first-order valence-electron chi connectivity index (χ1n) is 7.46. The number of piperazine rings is 1. The van der Waals surface area contributed by atoms with Crippen molar-refractivity contribution in [2.45, 2.75) is 19.8 Å². The van der Waals surface area contributed by atoms with Gasteiger partial charge < -0.3 is 9.80 Å². The van der Waals surface area contributed by atoms with E-state index < -0.39 is 0 Å². The number of hydrogen-bond acceptors (Lipinski definition) is 5. The summed E-state index contributed by atoms with van der Waals surface area (Å²) in [5.74, 6) is 1.70. The maximum absolute atomic E-state index is 12.1. The van der Waals surface area contributed by atoms with Gasteiger partial charge in [-0.1, -0.05) is 0 Å². The Morgan fingerprint density at radius 3 is 2.71 bits per heavy atom. The van der Waals surface area contributed by atoms with Crippen LogP contribution < -0.4 is 4.90 Å². The average Bonchev–Trinajstić information content (AvgIpc) is 3.31. The molecule has 0 radical (unpaired) electrons. The number of nitrogens with zero attached hydrogens (tertiary/aromatic N) is 4. The first kappa shape index (κ1) is 13.0. The molecule has 110 valence electrons. The highest BCUT2D eigenvalue weighted by atomic mass is 32.1. The van der Waals surface area contributed by atoms with Gasteiger partial charge in [-0.3, -0.25) is 4.79 Å².